The Hall–Kier alpha value is -3.10. The molecule has 1 N–H and O–H groups in total. The zero-order chi connectivity index (χ0) is 46.4. The summed E-state index contributed by atoms with van der Waals surface area (Å²) in [5.74, 6) is -3.90. The summed E-state index contributed by atoms with van der Waals surface area (Å²) in [5.41, 5.74) is 9.02. The van der Waals surface area contributed by atoms with Crippen LogP contribution < -0.4 is 85.0 Å². The molecule has 6 rings (SSSR count). The van der Waals surface area contributed by atoms with Gasteiger partial charge in [0.15, 0.2) is 25.2 Å². The minimum atomic E-state index is -3.92. The van der Waals surface area contributed by atoms with E-state index in [1.54, 1.807) is 53.1 Å². The summed E-state index contributed by atoms with van der Waals surface area (Å²) in [6, 6.07) is 19.3. The Bertz CT molecular complexity index is 2690. The molecule has 4 heterocycles. The molecule has 0 radical (unpaired) electrons. The van der Waals surface area contributed by atoms with Crippen LogP contribution in [0.2, 0.25) is 19.6 Å². The predicted octanol–water partition coefficient (Wildman–Crippen LogP) is 4.38. The zero-order valence-electron chi connectivity index (χ0n) is 40.1. The van der Waals surface area contributed by atoms with Crippen molar-refractivity contribution in [2.45, 2.75) is 120 Å². The van der Waals surface area contributed by atoms with Crippen molar-refractivity contribution in [1.29, 1.82) is 0 Å². The van der Waals surface area contributed by atoms with Gasteiger partial charge >= 0.3 is 86.1 Å². The molecule has 0 spiro atoms. The Balaban J connectivity index is 0.000000360. The summed E-state index contributed by atoms with van der Waals surface area (Å²) in [7, 11) is 0.655. The fourth-order valence-corrected chi connectivity index (χ4v) is 6.50. The van der Waals surface area contributed by atoms with Crippen LogP contribution in [0.15, 0.2) is 70.3 Å². The topological polar surface area (TPSA) is 117 Å². The van der Waals surface area contributed by atoms with Gasteiger partial charge in [-0.2, -0.15) is 13.2 Å². The molecule has 0 saturated heterocycles. The molecule has 16 heteroatoms. The van der Waals surface area contributed by atoms with E-state index in [4.69, 9.17) is 9.97 Å². The number of benzene rings is 2. The van der Waals surface area contributed by atoms with Crippen LogP contribution in [0.3, 0.4) is 0 Å². The maximum Gasteiger partial charge on any atom is 1.00 e. The van der Waals surface area contributed by atoms with Crippen LogP contribution in [0.4, 0.5) is 13.2 Å². The Kier molecular flexibility index (Phi) is 18.3. The number of aryl methyl sites for hydroxylation is 4. The molecule has 0 amide bonds. The minimum absolute atomic E-state index is 0. The average molecular weight is 1010 g/mol. The average Bonchev–Trinajstić information content (AvgIpc) is 3.49. The molecule has 0 atom stereocenters. The third-order valence-corrected chi connectivity index (χ3v) is 11.9. The molecule has 0 saturated carbocycles. The third-order valence-electron chi connectivity index (χ3n) is 10.2. The van der Waals surface area contributed by atoms with E-state index in [0.717, 1.165) is 50.2 Å². The minimum Gasteiger partial charge on any atom is -1.00 e. The van der Waals surface area contributed by atoms with Gasteiger partial charge in [-0.25, -0.2) is 19.6 Å². The van der Waals surface area contributed by atoms with Crippen molar-refractivity contribution in [2.24, 2.45) is 24.9 Å². The molecule has 10 nitrogen and oxygen atoms in total. The number of alkyl halides is 3. The Morgan fingerprint density at radius 2 is 1.03 bits per heavy atom. The number of hydrogen-bond donors (Lipinski definition) is 1. The SMILES string of the molecule is CC(=O)c1ccc(C)c(-c2ccc3c(n2)n(C)c(=O)n3CC(C)(C)C)c1.C[Si](C)(C)C(F)(F)F.Cc1ccc(C(C)(C)O)cc1-c1ccc2c(n1)n(C)c(=O)n2CC(C)(C)C.[Cs+].[F-]. The number of ketones is 1. The molecule has 63 heavy (non-hydrogen) atoms. The number of aliphatic hydroxyl groups is 1. The molecule has 0 unspecified atom stereocenters. The molecule has 0 aliphatic rings. The molecular formula is C47H63CsF4N6O4Si. The van der Waals surface area contributed by atoms with Gasteiger partial charge in [-0.15, -0.1) is 0 Å². The van der Waals surface area contributed by atoms with E-state index < -0.39 is 19.5 Å². The normalized spacial score (nSPS) is 12.2. The maximum absolute atomic E-state index is 12.7. The van der Waals surface area contributed by atoms with Crippen LogP contribution >= 0.6 is 0 Å². The van der Waals surface area contributed by atoms with Gasteiger partial charge in [0.2, 0.25) is 0 Å². The van der Waals surface area contributed by atoms with E-state index in [2.05, 4.69) is 41.5 Å². The Morgan fingerprint density at radius 3 is 1.37 bits per heavy atom. The van der Waals surface area contributed by atoms with Gasteiger partial charge in [-0.1, -0.05) is 85.4 Å². The number of carbonyl (C=O) groups is 1. The fraction of sp³-hybridized carbons (Fsp3) is 0.468. The van der Waals surface area contributed by atoms with Crippen molar-refractivity contribution in [3.63, 3.8) is 0 Å². The number of aromatic nitrogens is 6. The molecule has 0 aliphatic heterocycles. The van der Waals surface area contributed by atoms with Crippen LogP contribution in [0.1, 0.15) is 89.4 Å². The first-order valence-corrected chi connectivity index (χ1v) is 23.9. The molecule has 4 aromatic heterocycles. The summed E-state index contributed by atoms with van der Waals surface area (Å²) >= 11 is 0. The van der Waals surface area contributed by atoms with E-state index in [9.17, 15) is 32.7 Å². The smallest absolute Gasteiger partial charge is 1.00 e. The number of hydrogen-bond acceptors (Lipinski definition) is 6. The first-order valence-electron chi connectivity index (χ1n) is 20.4. The first kappa shape index (κ1) is 56.0. The van der Waals surface area contributed by atoms with E-state index in [0.29, 0.717) is 29.9 Å². The van der Waals surface area contributed by atoms with Crippen molar-refractivity contribution in [2.75, 3.05) is 0 Å². The van der Waals surface area contributed by atoms with E-state index in [-0.39, 0.29) is 102 Å². The summed E-state index contributed by atoms with van der Waals surface area (Å²) in [4.78, 5) is 46.7. The summed E-state index contributed by atoms with van der Waals surface area (Å²) in [5, 5.41) is 10.3. The van der Waals surface area contributed by atoms with Crippen LogP contribution in [-0.4, -0.2) is 53.0 Å². The number of rotatable bonds is 6. The van der Waals surface area contributed by atoms with Gasteiger partial charge < -0.3 is 9.81 Å². The van der Waals surface area contributed by atoms with Crippen molar-refractivity contribution in [1.82, 2.24) is 28.2 Å². The molecule has 0 fully saturated rings. The third kappa shape index (κ3) is 13.7. The number of imidazole rings is 2. The molecule has 6 aromatic rings. The Morgan fingerprint density at radius 1 is 0.667 bits per heavy atom. The van der Waals surface area contributed by atoms with Crippen LogP contribution in [0, 0.1) is 24.7 Å². The van der Waals surface area contributed by atoms with Crippen LogP contribution in [-0.2, 0) is 32.8 Å². The number of fused-ring (bicyclic) bond motifs is 2. The van der Waals surface area contributed by atoms with Crippen molar-refractivity contribution >= 4 is 36.2 Å². The van der Waals surface area contributed by atoms with E-state index in [1.165, 1.54) is 19.6 Å². The van der Waals surface area contributed by atoms with Gasteiger partial charge in [0.25, 0.3) is 0 Å². The van der Waals surface area contributed by atoms with Gasteiger partial charge in [0.1, 0.15) is 0 Å². The van der Waals surface area contributed by atoms with Gasteiger partial charge in [0, 0.05) is 43.9 Å². The second-order valence-corrected chi connectivity index (χ2v) is 25.0. The number of halogens is 4. The second-order valence-electron chi connectivity index (χ2n) is 20.0. The van der Waals surface area contributed by atoms with Crippen molar-refractivity contribution in [3.8, 4) is 22.5 Å². The summed E-state index contributed by atoms with van der Waals surface area (Å²) in [6.45, 7) is 26.9. The van der Waals surface area contributed by atoms with Gasteiger partial charge in [-0.05, 0) is 98.5 Å². The molecule has 338 valence electrons. The summed E-state index contributed by atoms with van der Waals surface area (Å²) in [6.07, 6.45) is 0. The molecule has 2 aromatic carbocycles. The zero-order valence-corrected chi connectivity index (χ0v) is 47.3. The van der Waals surface area contributed by atoms with E-state index in [1.807, 2.05) is 74.5 Å². The summed E-state index contributed by atoms with van der Waals surface area (Å²) < 4.78 is 41.7. The monoisotopic (exact) mass is 1010 g/mol. The van der Waals surface area contributed by atoms with Crippen LogP contribution in [0.25, 0.3) is 44.8 Å². The first-order chi connectivity index (χ1) is 27.7. The predicted molar refractivity (Wildman–Crippen MR) is 244 cm³/mol. The Labute approximate surface area is 428 Å². The van der Waals surface area contributed by atoms with Gasteiger partial charge in [0.05, 0.1) is 28.0 Å². The quantitative estimate of drug-likeness (QED) is 0.151. The van der Waals surface area contributed by atoms with Crippen molar-refractivity contribution in [3.05, 3.63) is 104 Å². The number of nitrogens with zero attached hydrogens (tertiary/aromatic N) is 6. The number of Topliss-reactive ketones (excluding diaryl/α,β-unsaturated/α-hetero) is 1. The van der Waals surface area contributed by atoms with Gasteiger partial charge in [-0.3, -0.25) is 23.1 Å². The standard InChI is InChI=1S/C22H29N3O2.C21H25N3O2.C4H9F3Si.Cs.FH/c1-14-8-9-15(22(5,6)27)12-16(14)17-10-11-18-19(23-17)24(7)20(26)25(18)13-21(2,3)4;1-13-7-8-15(14(2)25)11-16(13)17-9-10-18-19(22-17)23(6)20(26)24(18)12-21(3,4)5;1-8(2,3)4(5,6)7;;/h8-12,27H,13H2,1-7H3;7-11H,12H2,1-6H3;1-3H3;;1H/q;;;+1;/p-1. The second kappa shape index (κ2) is 20.6. The fourth-order valence-electron chi connectivity index (χ4n) is 6.50. The molecular weight excluding hydrogens is 950 g/mol. The maximum atomic E-state index is 12.7. The number of carbonyl (C=O) groups excluding carboxylic acids is 1. The molecule has 0 aliphatic carbocycles. The molecule has 0 bridgehead atoms. The van der Waals surface area contributed by atoms with E-state index >= 15 is 0 Å². The van der Waals surface area contributed by atoms with Crippen molar-refractivity contribution < 1.29 is 96.7 Å². The van der Waals surface area contributed by atoms with Crippen LogP contribution in [0.5, 0.6) is 0 Å². The number of pyridine rings is 2. The largest absolute Gasteiger partial charge is 1.00 e.